The lowest BCUT2D eigenvalue weighted by atomic mass is 9.82. The summed E-state index contributed by atoms with van der Waals surface area (Å²) >= 11 is 0. The highest BCUT2D eigenvalue weighted by Gasteiger charge is 2.29. The molecule has 10 heteroatoms. The SMILES string of the molecule is CN1CCN(C(=Nc2cc(C(C)(C)C)cc3cc(C(C)(C)C)cc(N=C(N4CCN(C)CC4)N4CCN(C)CC4)c23)N2CCN(C)CC2)CC1. The molecule has 0 radical (unpaired) electrons. The first-order chi connectivity index (χ1) is 23.7. The second-order valence-corrected chi connectivity index (χ2v) is 17.6. The number of hydrogen-bond acceptors (Lipinski definition) is 6. The summed E-state index contributed by atoms with van der Waals surface area (Å²) in [5.41, 5.74) is 4.70. The summed E-state index contributed by atoms with van der Waals surface area (Å²) in [6, 6.07) is 9.63. The quantitative estimate of drug-likeness (QED) is 0.341. The van der Waals surface area contributed by atoms with Gasteiger partial charge in [0.1, 0.15) is 0 Å². The Labute approximate surface area is 303 Å². The van der Waals surface area contributed by atoms with Crippen molar-refractivity contribution in [3.63, 3.8) is 0 Å². The number of hydrogen-bond donors (Lipinski definition) is 0. The van der Waals surface area contributed by atoms with E-state index in [1.54, 1.807) is 0 Å². The summed E-state index contributed by atoms with van der Waals surface area (Å²) in [4.78, 5) is 31.5. The molecule has 0 N–H and O–H groups in total. The molecule has 0 spiro atoms. The minimum atomic E-state index is -0.0215. The van der Waals surface area contributed by atoms with E-state index in [4.69, 9.17) is 9.98 Å². The first-order valence-corrected chi connectivity index (χ1v) is 19.2. The highest BCUT2D eigenvalue weighted by molar-refractivity contribution is 6.05. The molecule has 0 bridgehead atoms. The zero-order valence-corrected chi connectivity index (χ0v) is 33.1. The number of nitrogens with zero attached hydrogens (tertiary/aromatic N) is 10. The summed E-state index contributed by atoms with van der Waals surface area (Å²) in [7, 11) is 8.94. The fraction of sp³-hybridized carbons (Fsp3) is 0.700. The number of guanidine groups is 2. The van der Waals surface area contributed by atoms with Crippen LogP contribution in [0.4, 0.5) is 11.4 Å². The van der Waals surface area contributed by atoms with Crippen molar-refractivity contribution >= 4 is 34.1 Å². The normalized spacial score (nSPS) is 21.2. The molecule has 0 amide bonds. The van der Waals surface area contributed by atoms with Crippen molar-refractivity contribution in [1.82, 2.24) is 39.2 Å². The van der Waals surface area contributed by atoms with E-state index < -0.39 is 0 Å². The Hall–Kier alpha value is -2.92. The molecular formula is C40H66N10. The summed E-state index contributed by atoms with van der Waals surface area (Å²) in [6.45, 7) is 30.4. The molecule has 0 unspecified atom stereocenters. The van der Waals surface area contributed by atoms with Crippen LogP contribution in [0.2, 0.25) is 0 Å². The van der Waals surface area contributed by atoms with E-state index in [-0.39, 0.29) is 10.8 Å². The molecule has 0 aromatic heterocycles. The van der Waals surface area contributed by atoms with Crippen molar-refractivity contribution in [3.8, 4) is 0 Å². The number of benzene rings is 2. The van der Waals surface area contributed by atoms with Crippen LogP contribution in [0, 0.1) is 0 Å². The fourth-order valence-corrected chi connectivity index (χ4v) is 7.44. The molecule has 0 saturated carbocycles. The van der Waals surface area contributed by atoms with E-state index in [9.17, 15) is 0 Å². The van der Waals surface area contributed by atoms with Gasteiger partial charge in [0, 0.05) is 110 Å². The molecular weight excluding hydrogens is 621 g/mol. The lowest BCUT2D eigenvalue weighted by molar-refractivity contribution is 0.168. The Morgan fingerprint density at radius 3 is 0.920 bits per heavy atom. The average Bonchev–Trinajstić information content (AvgIpc) is 3.07. The fourth-order valence-electron chi connectivity index (χ4n) is 7.44. The third-order valence-electron chi connectivity index (χ3n) is 11.3. The van der Waals surface area contributed by atoms with Gasteiger partial charge in [-0.3, -0.25) is 0 Å². The summed E-state index contributed by atoms with van der Waals surface area (Å²) in [5.74, 6) is 2.26. The molecule has 10 nitrogen and oxygen atoms in total. The molecule has 2 aromatic carbocycles. The number of piperazine rings is 4. The van der Waals surface area contributed by atoms with Gasteiger partial charge >= 0.3 is 0 Å². The third kappa shape index (κ3) is 8.57. The Morgan fingerprint density at radius 2 is 0.680 bits per heavy atom. The molecule has 4 fully saturated rings. The number of fused-ring (bicyclic) bond motifs is 1. The van der Waals surface area contributed by atoms with Gasteiger partial charge in [-0.2, -0.15) is 0 Å². The summed E-state index contributed by atoms with van der Waals surface area (Å²) in [6.07, 6.45) is 0. The first kappa shape index (κ1) is 36.9. The average molecular weight is 687 g/mol. The molecule has 4 aliphatic rings. The maximum Gasteiger partial charge on any atom is 0.202 e. The van der Waals surface area contributed by atoms with Crippen molar-refractivity contribution in [2.24, 2.45) is 9.98 Å². The molecule has 2 aromatic rings. The Morgan fingerprint density at radius 1 is 0.420 bits per heavy atom. The number of aliphatic imine (C=N–C) groups is 2. The lowest BCUT2D eigenvalue weighted by Crippen LogP contribution is -2.56. The van der Waals surface area contributed by atoms with Gasteiger partial charge in [0.2, 0.25) is 11.9 Å². The van der Waals surface area contributed by atoms with Gasteiger partial charge in [0.05, 0.1) is 11.4 Å². The van der Waals surface area contributed by atoms with Crippen molar-refractivity contribution in [3.05, 3.63) is 35.4 Å². The minimum Gasteiger partial charge on any atom is -0.340 e. The van der Waals surface area contributed by atoms with Crippen LogP contribution in [0.1, 0.15) is 52.7 Å². The van der Waals surface area contributed by atoms with Crippen LogP contribution in [-0.4, -0.2) is 184 Å². The second-order valence-electron chi connectivity index (χ2n) is 17.6. The van der Waals surface area contributed by atoms with Crippen molar-refractivity contribution in [2.75, 3.05) is 133 Å². The largest absolute Gasteiger partial charge is 0.340 e. The number of rotatable bonds is 2. The van der Waals surface area contributed by atoms with Crippen molar-refractivity contribution < 1.29 is 0 Å². The second kappa shape index (κ2) is 15.0. The highest BCUT2D eigenvalue weighted by Crippen LogP contribution is 2.42. The Balaban J connectivity index is 1.59. The summed E-state index contributed by atoms with van der Waals surface area (Å²) in [5, 5.41) is 2.42. The maximum atomic E-state index is 5.78. The topological polar surface area (TPSA) is 50.6 Å². The minimum absolute atomic E-state index is 0.0215. The predicted molar refractivity (Wildman–Crippen MR) is 212 cm³/mol. The summed E-state index contributed by atoms with van der Waals surface area (Å²) < 4.78 is 0. The van der Waals surface area contributed by atoms with Gasteiger partial charge in [-0.05, 0) is 67.7 Å². The standard InChI is InChI=1S/C40H66N10/c1-39(2,3)32-27-31-28-33(40(4,5)6)30-35(42-38(49-23-15-45(9)16-24-49)50-25-17-46(10)18-26-50)36(31)34(29-32)41-37(47-19-11-43(7)12-20-47)48-21-13-44(8)14-22-48/h27-30H,11-26H2,1-10H3. The predicted octanol–water partition coefficient (Wildman–Crippen LogP) is 4.40. The van der Waals surface area contributed by atoms with E-state index >= 15 is 0 Å². The van der Waals surface area contributed by atoms with E-state index in [2.05, 4.69) is 133 Å². The molecule has 0 atom stereocenters. The maximum absolute atomic E-state index is 5.78. The smallest absolute Gasteiger partial charge is 0.202 e. The molecule has 276 valence electrons. The van der Waals surface area contributed by atoms with E-state index in [0.29, 0.717) is 0 Å². The zero-order chi connectivity index (χ0) is 35.8. The molecule has 50 heavy (non-hydrogen) atoms. The number of likely N-dealkylation sites (N-methyl/N-ethyl adjacent to an activating group) is 4. The van der Waals surface area contributed by atoms with Crippen LogP contribution >= 0.6 is 0 Å². The zero-order valence-electron chi connectivity index (χ0n) is 33.1. The molecule has 0 aliphatic carbocycles. The van der Waals surface area contributed by atoms with E-state index in [0.717, 1.165) is 128 Å². The lowest BCUT2D eigenvalue weighted by Gasteiger charge is -2.42. The van der Waals surface area contributed by atoms with Gasteiger partial charge in [-0.1, -0.05) is 53.7 Å². The molecule has 4 aliphatic heterocycles. The van der Waals surface area contributed by atoms with Crippen LogP contribution in [0.5, 0.6) is 0 Å². The Bertz CT molecular complexity index is 1360. The van der Waals surface area contributed by atoms with Gasteiger partial charge in [-0.15, -0.1) is 0 Å². The van der Waals surface area contributed by atoms with Crippen LogP contribution in [-0.2, 0) is 10.8 Å². The van der Waals surface area contributed by atoms with Crippen molar-refractivity contribution in [2.45, 2.75) is 52.4 Å². The van der Waals surface area contributed by atoms with E-state index in [1.165, 1.54) is 21.9 Å². The van der Waals surface area contributed by atoms with Gasteiger partial charge in [-0.25, -0.2) is 9.98 Å². The van der Waals surface area contributed by atoms with Gasteiger partial charge in [0.15, 0.2) is 0 Å². The van der Waals surface area contributed by atoms with Gasteiger partial charge in [0.25, 0.3) is 0 Å². The Kier molecular flexibility index (Phi) is 11.0. The molecule has 4 heterocycles. The van der Waals surface area contributed by atoms with Crippen molar-refractivity contribution in [1.29, 1.82) is 0 Å². The molecule has 6 rings (SSSR count). The van der Waals surface area contributed by atoms with Crippen LogP contribution in [0.15, 0.2) is 34.3 Å². The first-order valence-electron chi connectivity index (χ1n) is 19.2. The van der Waals surface area contributed by atoms with Crippen LogP contribution in [0.25, 0.3) is 10.8 Å². The monoisotopic (exact) mass is 687 g/mol. The molecule has 4 saturated heterocycles. The third-order valence-corrected chi connectivity index (χ3v) is 11.3. The van der Waals surface area contributed by atoms with E-state index in [1.807, 2.05) is 0 Å². The highest BCUT2D eigenvalue weighted by atomic mass is 15.4. The van der Waals surface area contributed by atoms with Gasteiger partial charge < -0.3 is 39.2 Å². The van der Waals surface area contributed by atoms with Crippen LogP contribution < -0.4 is 0 Å². The van der Waals surface area contributed by atoms with Crippen LogP contribution in [0.3, 0.4) is 0 Å².